The van der Waals surface area contributed by atoms with Crippen molar-refractivity contribution in [1.82, 2.24) is 24.7 Å². The van der Waals surface area contributed by atoms with Crippen molar-refractivity contribution in [2.24, 2.45) is 0 Å². The number of nitrogen functional groups attached to an aromatic ring is 1. The molecule has 0 saturated carbocycles. The molecule has 0 unspecified atom stereocenters. The first-order valence-corrected chi connectivity index (χ1v) is 7.32. The van der Waals surface area contributed by atoms with Gasteiger partial charge in [-0.25, -0.2) is 4.98 Å². The van der Waals surface area contributed by atoms with Crippen LogP contribution in [0.15, 0.2) is 6.07 Å². The standard InChI is InChI=1S/C14H21N7/c1-8(2)13-20-19-12-5-4-10(7-21(12)13)17-11-6-9(3)16-14(15)18-11/h6,8,10H,4-5,7H2,1-3H3,(H3,15,16,17,18)/t10-/m1/s1. The number of rotatable bonds is 3. The molecule has 3 N–H and O–H groups in total. The van der Waals surface area contributed by atoms with Crippen molar-refractivity contribution in [3.63, 3.8) is 0 Å². The highest BCUT2D eigenvalue weighted by Gasteiger charge is 2.24. The fourth-order valence-corrected chi connectivity index (χ4v) is 2.77. The van der Waals surface area contributed by atoms with Crippen molar-refractivity contribution >= 4 is 11.8 Å². The second-order valence-corrected chi connectivity index (χ2v) is 5.87. The highest BCUT2D eigenvalue weighted by atomic mass is 15.3. The first-order valence-electron chi connectivity index (χ1n) is 7.32. The van der Waals surface area contributed by atoms with E-state index < -0.39 is 0 Å². The molecular formula is C14H21N7. The first kappa shape index (κ1) is 13.8. The molecule has 3 rings (SSSR count). The number of anilines is 2. The van der Waals surface area contributed by atoms with E-state index in [4.69, 9.17) is 5.73 Å². The monoisotopic (exact) mass is 287 g/mol. The zero-order chi connectivity index (χ0) is 15.0. The van der Waals surface area contributed by atoms with Crippen LogP contribution in [0.1, 0.15) is 43.5 Å². The van der Waals surface area contributed by atoms with Crippen molar-refractivity contribution in [2.75, 3.05) is 11.1 Å². The average Bonchev–Trinajstić information content (AvgIpc) is 2.80. The molecule has 0 saturated heterocycles. The van der Waals surface area contributed by atoms with Crippen LogP contribution in [0, 0.1) is 6.92 Å². The van der Waals surface area contributed by atoms with E-state index in [9.17, 15) is 0 Å². The molecule has 0 bridgehead atoms. The van der Waals surface area contributed by atoms with Gasteiger partial charge in [-0.3, -0.25) is 0 Å². The molecule has 1 aliphatic rings. The molecule has 0 radical (unpaired) electrons. The molecular weight excluding hydrogens is 266 g/mol. The summed E-state index contributed by atoms with van der Waals surface area (Å²) in [5, 5.41) is 12.0. The van der Waals surface area contributed by atoms with E-state index in [1.165, 1.54) is 0 Å². The Kier molecular flexibility index (Phi) is 3.48. The largest absolute Gasteiger partial charge is 0.368 e. The van der Waals surface area contributed by atoms with Crippen LogP contribution < -0.4 is 11.1 Å². The molecule has 0 aromatic carbocycles. The van der Waals surface area contributed by atoms with Crippen molar-refractivity contribution in [2.45, 2.75) is 52.1 Å². The van der Waals surface area contributed by atoms with Gasteiger partial charge >= 0.3 is 0 Å². The van der Waals surface area contributed by atoms with Gasteiger partial charge in [0.15, 0.2) is 0 Å². The van der Waals surface area contributed by atoms with Crippen LogP contribution in [0.4, 0.5) is 11.8 Å². The van der Waals surface area contributed by atoms with E-state index in [-0.39, 0.29) is 0 Å². The van der Waals surface area contributed by atoms with Gasteiger partial charge in [0, 0.05) is 36.7 Å². The number of fused-ring (bicyclic) bond motifs is 1. The number of nitrogens with two attached hydrogens (primary N) is 1. The highest BCUT2D eigenvalue weighted by molar-refractivity contribution is 5.41. The van der Waals surface area contributed by atoms with Gasteiger partial charge in [0.25, 0.3) is 0 Å². The second kappa shape index (κ2) is 5.31. The third-order valence-electron chi connectivity index (χ3n) is 3.72. The third kappa shape index (κ3) is 2.81. The van der Waals surface area contributed by atoms with Crippen LogP contribution in [-0.4, -0.2) is 30.8 Å². The quantitative estimate of drug-likeness (QED) is 0.888. The molecule has 0 aliphatic carbocycles. The minimum atomic E-state index is 0.305. The predicted molar refractivity (Wildman–Crippen MR) is 81.0 cm³/mol. The molecule has 1 aliphatic heterocycles. The van der Waals surface area contributed by atoms with Gasteiger partial charge < -0.3 is 15.6 Å². The highest BCUT2D eigenvalue weighted by Crippen LogP contribution is 2.22. The summed E-state index contributed by atoms with van der Waals surface area (Å²) in [5.74, 6) is 3.60. The lowest BCUT2D eigenvalue weighted by atomic mass is 10.1. The normalized spacial score (nSPS) is 17.8. The zero-order valence-electron chi connectivity index (χ0n) is 12.7. The molecule has 3 heterocycles. The lowest BCUT2D eigenvalue weighted by molar-refractivity contribution is 0.458. The van der Waals surface area contributed by atoms with Crippen LogP contribution >= 0.6 is 0 Å². The number of nitrogens with zero attached hydrogens (tertiary/aromatic N) is 5. The number of hydrogen-bond donors (Lipinski definition) is 2. The van der Waals surface area contributed by atoms with E-state index in [0.717, 1.165) is 42.5 Å². The third-order valence-corrected chi connectivity index (χ3v) is 3.72. The summed E-state index contributed by atoms with van der Waals surface area (Å²) in [6.45, 7) is 7.06. The molecule has 7 nitrogen and oxygen atoms in total. The van der Waals surface area contributed by atoms with E-state index >= 15 is 0 Å². The van der Waals surface area contributed by atoms with Gasteiger partial charge in [-0.15, -0.1) is 10.2 Å². The Morgan fingerprint density at radius 2 is 2.14 bits per heavy atom. The Morgan fingerprint density at radius 1 is 1.33 bits per heavy atom. The summed E-state index contributed by atoms with van der Waals surface area (Å²) in [7, 11) is 0. The van der Waals surface area contributed by atoms with Gasteiger partial charge in [-0.1, -0.05) is 13.8 Å². The second-order valence-electron chi connectivity index (χ2n) is 5.87. The Bertz CT molecular complexity index is 627. The molecule has 0 fully saturated rings. The van der Waals surface area contributed by atoms with E-state index in [1.807, 2.05) is 13.0 Å². The summed E-state index contributed by atoms with van der Waals surface area (Å²) in [5.41, 5.74) is 6.57. The topological polar surface area (TPSA) is 94.5 Å². The molecule has 2 aromatic rings. The summed E-state index contributed by atoms with van der Waals surface area (Å²) in [4.78, 5) is 8.34. The van der Waals surface area contributed by atoms with Crippen LogP contribution in [-0.2, 0) is 13.0 Å². The number of aromatic nitrogens is 5. The van der Waals surface area contributed by atoms with Gasteiger partial charge in [-0.05, 0) is 13.3 Å². The van der Waals surface area contributed by atoms with Crippen molar-refractivity contribution in [3.8, 4) is 0 Å². The van der Waals surface area contributed by atoms with Crippen LogP contribution in [0.5, 0.6) is 0 Å². The maximum Gasteiger partial charge on any atom is 0.222 e. The number of aryl methyl sites for hydroxylation is 2. The maximum atomic E-state index is 5.70. The Morgan fingerprint density at radius 3 is 2.86 bits per heavy atom. The Labute approximate surface area is 124 Å². The van der Waals surface area contributed by atoms with Crippen molar-refractivity contribution in [1.29, 1.82) is 0 Å². The molecule has 7 heteroatoms. The molecule has 1 atom stereocenters. The molecule has 2 aromatic heterocycles. The smallest absolute Gasteiger partial charge is 0.222 e. The van der Waals surface area contributed by atoms with Crippen molar-refractivity contribution in [3.05, 3.63) is 23.4 Å². The van der Waals surface area contributed by atoms with Crippen LogP contribution in [0.3, 0.4) is 0 Å². The minimum absolute atomic E-state index is 0.305. The summed E-state index contributed by atoms with van der Waals surface area (Å²) < 4.78 is 2.23. The molecule has 21 heavy (non-hydrogen) atoms. The molecule has 112 valence electrons. The molecule has 0 amide bonds. The van der Waals surface area contributed by atoms with Gasteiger partial charge in [0.05, 0.1) is 0 Å². The number of hydrogen-bond acceptors (Lipinski definition) is 6. The van der Waals surface area contributed by atoms with Gasteiger partial charge in [-0.2, -0.15) is 4.98 Å². The fraction of sp³-hybridized carbons (Fsp3) is 0.571. The lowest BCUT2D eigenvalue weighted by Gasteiger charge is -2.26. The fourth-order valence-electron chi connectivity index (χ4n) is 2.77. The van der Waals surface area contributed by atoms with Crippen LogP contribution in [0.2, 0.25) is 0 Å². The van der Waals surface area contributed by atoms with Gasteiger partial charge in [0.1, 0.15) is 17.5 Å². The minimum Gasteiger partial charge on any atom is -0.368 e. The summed E-state index contributed by atoms with van der Waals surface area (Å²) in [6.07, 6.45) is 1.94. The summed E-state index contributed by atoms with van der Waals surface area (Å²) in [6, 6.07) is 2.22. The number of nitrogens with one attached hydrogen (secondary N) is 1. The predicted octanol–water partition coefficient (Wildman–Crippen LogP) is 1.51. The van der Waals surface area contributed by atoms with E-state index in [0.29, 0.717) is 17.9 Å². The van der Waals surface area contributed by atoms with Crippen LogP contribution in [0.25, 0.3) is 0 Å². The SMILES string of the molecule is Cc1cc(N[C@@H]2CCc3nnc(C(C)C)n3C2)nc(N)n1. The lowest BCUT2D eigenvalue weighted by Crippen LogP contribution is -2.32. The molecule has 0 spiro atoms. The van der Waals surface area contributed by atoms with Gasteiger partial charge in [0.2, 0.25) is 5.95 Å². The van der Waals surface area contributed by atoms with E-state index in [2.05, 4.69) is 43.9 Å². The Hall–Kier alpha value is -2.18. The van der Waals surface area contributed by atoms with Crippen molar-refractivity contribution < 1.29 is 0 Å². The Balaban J connectivity index is 1.78. The zero-order valence-corrected chi connectivity index (χ0v) is 12.7. The average molecular weight is 287 g/mol. The maximum absolute atomic E-state index is 5.70. The van der Waals surface area contributed by atoms with E-state index in [1.54, 1.807) is 0 Å². The first-order chi connectivity index (χ1) is 10.0. The summed E-state index contributed by atoms with van der Waals surface area (Å²) >= 11 is 0.